The van der Waals surface area contributed by atoms with E-state index < -0.39 is 5.82 Å². The number of hydrogen-bond acceptors (Lipinski definition) is 3. The number of Topliss-reactive ketones (excluding diaryl/α,β-unsaturated/α-hetero) is 1. The highest BCUT2D eigenvalue weighted by Gasteiger charge is 2.07. The van der Waals surface area contributed by atoms with Gasteiger partial charge < -0.3 is 4.98 Å². The zero-order chi connectivity index (χ0) is 10.8. The SMILES string of the molecule is CC(=O)c1cnc(-c2ccc(F)cn2)[nH]1. The molecule has 15 heavy (non-hydrogen) atoms. The van der Waals surface area contributed by atoms with Gasteiger partial charge in [0.05, 0.1) is 12.4 Å². The van der Waals surface area contributed by atoms with Crippen molar-refractivity contribution in [3.8, 4) is 11.5 Å². The number of aromatic nitrogens is 3. The molecular weight excluding hydrogens is 197 g/mol. The fraction of sp³-hybridized carbons (Fsp3) is 0.100. The highest BCUT2D eigenvalue weighted by atomic mass is 19.1. The standard InChI is InChI=1S/C10H8FN3O/c1-6(15)9-5-13-10(14-9)8-3-2-7(11)4-12-8/h2-5H,1H3,(H,13,14). The maximum absolute atomic E-state index is 12.6. The molecule has 4 nitrogen and oxygen atoms in total. The van der Waals surface area contributed by atoms with E-state index in [2.05, 4.69) is 15.0 Å². The molecule has 2 aromatic rings. The predicted molar refractivity (Wildman–Crippen MR) is 51.8 cm³/mol. The van der Waals surface area contributed by atoms with E-state index in [0.717, 1.165) is 6.20 Å². The van der Waals surface area contributed by atoms with Crippen molar-refractivity contribution in [2.45, 2.75) is 6.92 Å². The Labute approximate surface area is 85.2 Å². The molecule has 2 rings (SSSR count). The van der Waals surface area contributed by atoms with E-state index in [1.54, 1.807) is 0 Å². The molecule has 0 amide bonds. The lowest BCUT2D eigenvalue weighted by Gasteiger charge is -1.94. The summed E-state index contributed by atoms with van der Waals surface area (Å²) >= 11 is 0. The number of rotatable bonds is 2. The van der Waals surface area contributed by atoms with E-state index in [1.807, 2.05) is 0 Å². The van der Waals surface area contributed by atoms with Crippen molar-refractivity contribution in [3.63, 3.8) is 0 Å². The Kier molecular flexibility index (Phi) is 2.29. The largest absolute Gasteiger partial charge is 0.334 e. The number of imidazole rings is 1. The number of pyridine rings is 1. The molecule has 5 heteroatoms. The van der Waals surface area contributed by atoms with Gasteiger partial charge in [-0.05, 0) is 12.1 Å². The Morgan fingerprint density at radius 2 is 2.13 bits per heavy atom. The maximum atomic E-state index is 12.6. The van der Waals surface area contributed by atoms with Crippen molar-refractivity contribution in [2.24, 2.45) is 0 Å². The zero-order valence-electron chi connectivity index (χ0n) is 7.99. The van der Waals surface area contributed by atoms with Crippen LogP contribution in [0, 0.1) is 5.82 Å². The van der Waals surface area contributed by atoms with Crippen LogP contribution in [0.1, 0.15) is 17.4 Å². The molecule has 2 aromatic heterocycles. The highest BCUT2D eigenvalue weighted by molar-refractivity contribution is 5.92. The van der Waals surface area contributed by atoms with Gasteiger partial charge in [0, 0.05) is 6.92 Å². The summed E-state index contributed by atoms with van der Waals surface area (Å²) in [7, 11) is 0. The Bertz CT molecular complexity index is 490. The second-order valence-electron chi connectivity index (χ2n) is 3.06. The topological polar surface area (TPSA) is 58.6 Å². The second-order valence-corrected chi connectivity index (χ2v) is 3.06. The lowest BCUT2D eigenvalue weighted by Crippen LogP contribution is -1.92. The number of nitrogens with one attached hydrogen (secondary N) is 1. The van der Waals surface area contributed by atoms with E-state index in [9.17, 15) is 9.18 Å². The zero-order valence-corrected chi connectivity index (χ0v) is 7.99. The molecule has 0 spiro atoms. The molecule has 0 saturated carbocycles. The molecule has 0 aromatic carbocycles. The van der Waals surface area contributed by atoms with Crippen molar-refractivity contribution in [2.75, 3.05) is 0 Å². The minimum atomic E-state index is -0.405. The van der Waals surface area contributed by atoms with Crippen molar-refractivity contribution in [3.05, 3.63) is 36.0 Å². The van der Waals surface area contributed by atoms with Crippen molar-refractivity contribution in [1.29, 1.82) is 0 Å². The van der Waals surface area contributed by atoms with Gasteiger partial charge in [-0.25, -0.2) is 14.4 Å². The average Bonchev–Trinajstić information content (AvgIpc) is 2.68. The minimum Gasteiger partial charge on any atom is -0.334 e. The van der Waals surface area contributed by atoms with Crippen LogP contribution in [-0.4, -0.2) is 20.7 Å². The summed E-state index contributed by atoms with van der Waals surface area (Å²) in [5, 5.41) is 0. The first-order chi connectivity index (χ1) is 7.16. The first-order valence-corrected chi connectivity index (χ1v) is 4.34. The normalized spacial score (nSPS) is 10.3. The Morgan fingerprint density at radius 3 is 2.67 bits per heavy atom. The molecule has 0 unspecified atom stereocenters. The van der Waals surface area contributed by atoms with E-state index in [4.69, 9.17) is 0 Å². The number of H-pyrrole nitrogens is 1. The van der Waals surface area contributed by atoms with Crippen LogP contribution in [0.25, 0.3) is 11.5 Å². The summed E-state index contributed by atoms with van der Waals surface area (Å²) in [6.07, 6.45) is 2.54. The molecule has 0 fully saturated rings. The summed E-state index contributed by atoms with van der Waals surface area (Å²) < 4.78 is 12.6. The van der Waals surface area contributed by atoms with Gasteiger partial charge in [-0.15, -0.1) is 0 Å². The highest BCUT2D eigenvalue weighted by Crippen LogP contribution is 2.12. The molecule has 1 N–H and O–H groups in total. The van der Waals surface area contributed by atoms with E-state index >= 15 is 0 Å². The van der Waals surface area contributed by atoms with E-state index in [1.165, 1.54) is 25.3 Å². The third-order valence-electron chi connectivity index (χ3n) is 1.93. The lowest BCUT2D eigenvalue weighted by atomic mass is 10.3. The molecule has 0 radical (unpaired) electrons. The van der Waals surface area contributed by atoms with Gasteiger partial charge in [0.25, 0.3) is 0 Å². The molecule has 0 aliphatic heterocycles. The summed E-state index contributed by atoms with van der Waals surface area (Å²) in [5.74, 6) is -0.0480. The van der Waals surface area contributed by atoms with E-state index in [-0.39, 0.29) is 5.78 Å². The van der Waals surface area contributed by atoms with Crippen LogP contribution in [0.3, 0.4) is 0 Å². The molecule has 0 aliphatic rings. The first kappa shape index (κ1) is 9.51. The van der Waals surface area contributed by atoms with Crippen LogP contribution in [0.4, 0.5) is 4.39 Å². The number of carbonyl (C=O) groups is 1. The van der Waals surface area contributed by atoms with Crippen LogP contribution >= 0.6 is 0 Å². The number of nitrogens with zero attached hydrogens (tertiary/aromatic N) is 2. The van der Waals surface area contributed by atoms with E-state index in [0.29, 0.717) is 17.2 Å². The van der Waals surface area contributed by atoms with Crippen molar-refractivity contribution < 1.29 is 9.18 Å². The quantitative estimate of drug-likeness (QED) is 0.760. The van der Waals surface area contributed by atoms with Gasteiger partial charge in [-0.1, -0.05) is 0 Å². The minimum absolute atomic E-state index is 0.101. The Morgan fingerprint density at radius 1 is 1.33 bits per heavy atom. The summed E-state index contributed by atoms with van der Waals surface area (Å²) in [4.78, 5) is 21.6. The van der Waals surface area contributed by atoms with Crippen LogP contribution in [0.2, 0.25) is 0 Å². The Balaban J connectivity index is 2.37. The van der Waals surface area contributed by atoms with Gasteiger partial charge in [0.15, 0.2) is 11.6 Å². The van der Waals surface area contributed by atoms with Gasteiger partial charge in [-0.2, -0.15) is 0 Å². The average molecular weight is 205 g/mol. The van der Waals surface area contributed by atoms with Crippen molar-refractivity contribution in [1.82, 2.24) is 15.0 Å². The molecule has 0 saturated heterocycles. The number of ketones is 1. The predicted octanol–water partition coefficient (Wildman–Crippen LogP) is 1.81. The van der Waals surface area contributed by atoms with Gasteiger partial charge in [0.2, 0.25) is 0 Å². The number of aromatic amines is 1. The summed E-state index contributed by atoms with van der Waals surface area (Å²) in [6, 6.07) is 2.79. The fourth-order valence-corrected chi connectivity index (χ4v) is 1.15. The number of halogens is 1. The molecular formula is C10H8FN3O. The summed E-state index contributed by atoms with van der Waals surface area (Å²) in [5.41, 5.74) is 0.917. The molecule has 2 heterocycles. The summed E-state index contributed by atoms with van der Waals surface area (Å²) in [6.45, 7) is 1.44. The second kappa shape index (κ2) is 3.61. The first-order valence-electron chi connectivity index (χ1n) is 4.34. The third kappa shape index (κ3) is 1.90. The van der Waals surface area contributed by atoms with Gasteiger partial charge >= 0.3 is 0 Å². The number of hydrogen-bond donors (Lipinski definition) is 1. The molecule has 76 valence electrons. The van der Waals surface area contributed by atoms with Crippen molar-refractivity contribution >= 4 is 5.78 Å². The molecule has 0 aliphatic carbocycles. The number of carbonyl (C=O) groups excluding carboxylic acids is 1. The third-order valence-corrected chi connectivity index (χ3v) is 1.93. The van der Waals surface area contributed by atoms with Crippen LogP contribution in [0.15, 0.2) is 24.5 Å². The Hall–Kier alpha value is -2.04. The van der Waals surface area contributed by atoms with Gasteiger partial charge in [-0.3, -0.25) is 4.79 Å². The van der Waals surface area contributed by atoms with Crippen LogP contribution in [-0.2, 0) is 0 Å². The maximum Gasteiger partial charge on any atom is 0.177 e. The fourth-order valence-electron chi connectivity index (χ4n) is 1.15. The monoisotopic (exact) mass is 205 g/mol. The van der Waals surface area contributed by atoms with Gasteiger partial charge in [0.1, 0.15) is 17.2 Å². The van der Waals surface area contributed by atoms with Crippen LogP contribution < -0.4 is 0 Å². The molecule has 0 bridgehead atoms. The van der Waals surface area contributed by atoms with Crippen LogP contribution in [0.5, 0.6) is 0 Å². The smallest absolute Gasteiger partial charge is 0.177 e. The lowest BCUT2D eigenvalue weighted by molar-refractivity contribution is 0.101. The molecule has 0 atom stereocenters.